The fraction of sp³-hybridized carbons (Fsp3) is 0.268. The van der Waals surface area contributed by atoms with Crippen molar-refractivity contribution in [1.29, 1.82) is 0 Å². The molecule has 0 unspecified atom stereocenters. The maximum Gasteiger partial charge on any atom is 0.0488 e. The van der Waals surface area contributed by atoms with E-state index in [9.17, 15) is 0 Å². The third kappa shape index (κ3) is 18.9. The molecule has 84 heavy (non-hydrogen) atoms. The van der Waals surface area contributed by atoms with Gasteiger partial charge in [0.15, 0.2) is 0 Å². The zero-order chi connectivity index (χ0) is 62.4. The van der Waals surface area contributed by atoms with Crippen molar-refractivity contribution in [2.45, 2.75) is 137 Å². The minimum Gasteiger partial charge on any atom is -0.344 e. The van der Waals surface area contributed by atoms with Gasteiger partial charge in [-0.2, -0.15) is 0 Å². The standard InChI is InChI=1S/C14H14.2C13H11N.2C13H10.8C2H6/c1-11-8-12(2)10-14(9-11)13-6-4-3-5-7-13;2*1-14-12-8-4-2-6-10(12)11-7-3-5-9-13(11)14;2*1-3-7-12-10(5-1)9-11-6-2-4-8-13(11)12;8*1-2/h3-10H,1-2H3;2*2-9H,1H3;2*1-8H,9H2;8*1-2H3. The Hall–Kier alpha value is -8.20. The molecule has 0 radical (unpaired) electrons. The first-order chi connectivity index (χ1) is 41.4. The second-order valence-electron chi connectivity index (χ2n) is 17.9. The molecule has 12 aromatic rings. The molecule has 0 N–H and O–H groups in total. The van der Waals surface area contributed by atoms with Gasteiger partial charge in [0.05, 0.1) is 0 Å². The molecule has 0 amide bonds. The second kappa shape index (κ2) is 40.9. The number of hydrogen-bond donors (Lipinski definition) is 0. The average Bonchev–Trinajstić information content (AvgIpc) is 3.23. The lowest BCUT2D eigenvalue weighted by Crippen LogP contribution is -1.84. The van der Waals surface area contributed by atoms with E-state index in [0.717, 1.165) is 12.8 Å². The predicted octanol–water partition coefficient (Wildman–Crippen LogP) is 25.4. The predicted molar refractivity (Wildman–Crippen MR) is 382 cm³/mol. The van der Waals surface area contributed by atoms with Gasteiger partial charge < -0.3 is 9.13 Å². The molecular formula is C82H104N2. The Morgan fingerprint density at radius 3 is 0.702 bits per heavy atom. The molecule has 0 aliphatic heterocycles. The molecule has 2 aromatic heterocycles. The lowest BCUT2D eigenvalue weighted by Gasteiger charge is -2.04. The van der Waals surface area contributed by atoms with Crippen LogP contribution in [0.3, 0.4) is 0 Å². The van der Waals surface area contributed by atoms with Crippen LogP contribution in [0.25, 0.3) is 77.0 Å². The molecule has 2 heterocycles. The van der Waals surface area contributed by atoms with Gasteiger partial charge in [0, 0.05) is 57.7 Å². The minimum absolute atomic E-state index is 1.10. The smallest absolute Gasteiger partial charge is 0.0488 e. The van der Waals surface area contributed by atoms with Crippen molar-refractivity contribution in [3.63, 3.8) is 0 Å². The normalized spacial score (nSPS) is 9.81. The number of nitrogens with zero attached hydrogens (tertiary/aromatic N) is 2. The molecule has 0 bridgehead atoms. The van der Waals surface area contributed by atoms with Crippen molar-refractivity contribution in [3.8, 4) is 33.4 Å². The zero-order valence-electron chi connectivity index (χ0n) is 55.4. The quantitative estimate of drug-likeness (QED) is 0.155. The molecule has 0 saturated heterocycles. The lowest BCUT2D eigenvalue weighted by molar-refractivity contribution is 1.01. The van der Waals surface area contributed by atoms with Gasteiger partial charge >= 0.3 is 0 Å². The van der Waals surface area contributed by atoms with Crippen molar-refractivity contribution in [2.24, 2.45) is 14.1 Å². The summed E-state index contributed by atoms with van der Waals surface area (Å²) in [6.07, 6.45) is 2.21. The first-order valence-corrected chi connectivity index (χ1v) is 31.7. The van der Waals surface area contributed by atoms with Crippen LogP contribution in [0.4, 0.5) is 0 Å². The highest BCUT2D eigenvalue weighted by Gasteiger charge is 2.17. The largest absolute Gasteiger partial charge is 0.344 e. The highest BCUT2D eigenvalue weighted by atomic mass is 14.9. The average molecular weight is 1120 g/mol. The molecular weight excluding hydrogens is 1010 g/mol. The van der Waals surface area contributed by atoms with Crippen molar-refractivity contribution < 1.29 is 0 Å². The number of hydrogen-bond acceptors (Lipinski definition) is 0. The molecule has 0 saturated carbocycles. The van der Waals surface area contributed by atoms with Crippen LogP contribution < -0.4 is 0 Å². The Kier molecular flexibility index (Phi) is 35.0. The third-order valence-corrected chi connectivity index (χ3v) is 13.4. The van der Waals surface area contributed by atoms with Crippen molar-refractivity contribution in [3.05, 3.63) is 276 Å². The molecule has 14 rings (SSSR count). The fourth-order valence-electron chi connectivity index (χ4n) is 10.2. The van der Waals surface area contributed by atoms with Gasteiger partial charge in [-0.1, -0.05) is 340 Å². The van der Waals surface area contributed by atoms with Crippen LogP contribution in [0, 0.1) is 13.8 Å². The minimum atomic E-state index is 1.10. The van der Waals surface area contributed by atoms with E-state index in [4.69, 9.17) is 0 Å². The number of rotatable bonds is 1. The van der Waals surface area contributed by atoms with Crippen LogP contribution in [0.1, 0.15) is 144 Å². The van der Waals surface area contributed by atoms with E-state index in [1.165, 1.54) is 110 Å². The molecule has 0 atom stereocenters. The fourth-order valence-corrected chi connectivity index (χ4v) is 10.2. The van der Waals surface area contributed by atoms with Crippen LogP contribution in [-0.2, 0) is 26.9 Å². The van der Waals surface area contributed by atoms with Crippen molar-refractivity contribution in [2.75, 3.05) is 0 Å². The molecule has 10 aromatic carbocycles. The molecule has 2 aliphatic rings. The molecule has 442 valence electrons. The molecule has 0 spiro atoms. The van der Waals surface area contributed by atoms with E-state index in [1.807, 2.05) is 117 Å². The van der Waals surface area contributed by atoms with E-state index in [2.05, 4.69) is 274 Å². The summed E-state index contributed by atoms with van der Waals surface area (Å²) in [5.74, 6) is 0. The van der Waals surface area contributed by atoms with E-state index >= 15 is 0 Å². The Bertz CT molecular complexity index is 3260. The van der Waals surface area contributed by atoms with Crippen LogP contribution in [0.15, 0.2) is 243 Å². The first-order valence-electron chi connectivity index (χ1n) is 31.7. The highest BCUT2D eigenvalue weighted by Crippen LogP contribution is 2.37. The van der Waals surface area contributed by atoms with Gasteiger partial charge in [-0.15, -0.1) is 0 Å². The number of para-hydroxylation sites is 4. The topological polar surface area (TPSA) is 9.86 Å². The molecule has 2 aliphatic carbocycles. The summed E-state index contributed by atoms with van der Waals surface area (Å²) in [5.41, 5.74) is 22.0. The van der Waals surface area contributed by atoms with Gasteiger partial charge in [0.25, 0.3) is 0 Å². The molecule has 2 heteroatoms. The summed E-state index contributed by atoms with van der Waals surface area (Å²) >= 11 is 0. The lowest BCUT2D eigenvalue weighted by atomic mass is 10.0. The summed E-state index contributed by atoms with van der Waals surface area (Å²) in [5, 5.41) is 5.35. The van der Waals surface area contributed by atoms with E-state index in [-0.39, 0.29) is 0 Å². The number of aryl methyl sites for hydroxylation is 4. The van der Waals surface area contributed by atoms with Crippen LogP contribution >= 0.6 is 0 Å². The monoisotopic (exact) mass is 1120 g/mol. The van der Waals surface area contributed by atoms with E-state index < -0.39 is 0 Å². The summed E-state index contributed by atoms with van der Waals surface area (Å²) in [6.45, 7) is 36.3. The van der Waals surface area contributed by atoms with Gasteiger partial charge in [-0.3, -0.25) is 0 Å². The second-order valence-corrected chi connectivity index (χ2v) is 17.9. The third-order valence-electron chi connectivity index (χ3n) is 13.4. The summed E-state index contributed by atoms with van der Waals surface area (Å²) in [7, 11) is 4.23. The number of aromatic nitrogens is 2. The summed E-state index contributed by atoms with van der Waals surface area (Å²) < 4.78 is 4.48. The summed E-state index contributed by atoms with van der Waals surface area (Å²) in [4.78, 5) is 0. The first kappa shape index (κ1) is 71.9. The Morgan fingerprint density at radius 2 is 0.440 bits per heavy atom. The Labute approximate surface area is 510 Å². The van der Waals surface area contributed by atoms with E-state index in [0.29, 0.717) is 0 Å². The maximum absolute atomic E-state index is 2.24. The van der Waals surface area contributed by atoms with Crippen LogP contribution in [-0.4, -0.2) is 9.13 Å². The number of fused-ring (bicyclic) bond motifs is 12. The molecule has 0 fully saturated rings. The SMILES string of the molecule is CC.CC.CC.CC.CC.CC.CC.CC.Cc1cc(C)cc(-c2ccccc2)c1.Cn1c2ccccc2c2ccccc21.Cn1c2ccccc2c2ccccc21.c1ccc2c(c1)Cc1ccccc1-2.c1ccc2c(c1)Cc1ccccc1-2. The van der Waals surface area contributed by atoms with Gasteiger partial charge in [0.2, 0.25) is 0 Å². The maximum atomic E-state index is 2.24. The zero-order valence-corrected chi connectivity index (χ0v) is 55.4. The van der Waals surface area contributed by atoms with Crippen LogP contribution in [0.2, 0.25) is 0 Å². The van der Waals surface area contributed by atoms with Gasteiger partial charge in [0.1, 0.15) is 0 Å². The van der Waals surface area contributed by atoms with Crippen molar-refractivity contribution >= 4 is 43.6 Å². The highest BCUT2D eigenvalue weighted by molar-refractivity contribution is 6.08. The number of benzene rings is 10. The van der Waals surface area contributed by atoms with Crippen LogP contribution in [0.5, 0.6) is 0 Å². The molecule has 2 nitrogen and oxygen atoms in total. The Morgan fingerprint density at radius 1 is 0.226 bits per heavy atom. The van der Waals surface area contributed by atoms with Gasteiger partial charge in [-0.05, 0) is 107 Å². The van der Waals surface area contributed by atoms with Gasteiger partial charge in [-0.25, -0.2) is 0 Å². The van der Waals surface area contributed by atoms with Crippen molar-refractivity contribution in [1.82, 2.24) is 9.13 Å². The van der Waals surface area contributed by atoms with E-state index in [1.54, 1.807) is 0 Å². The Balaban J connectivity index is 0.000000338. The summed E-state index contributed by atoms with van der Waals surface area (Å²) in [6, 6.07) is 85.8.